The lowest BCUT2D eigenvalue weighted by atomic mass is 9.91. The van der Waals surface area contributed by atoms with E-state index in [1.54, 1.807) is 16.0 Å². The average molecular weight is 353 g/mol. The Morgan fingerprint density at radius 2 is 1.88 bits per heavy atom. The molecule has 0 bridgehead atoms. The first kappa shape index (κ1) is 16.0. The third-order valence-corrected chi connectivity index (χ3v) is 5.48. The van der Waals surface area contributed by atoms with Crippen LogP contribution in [0, 0.1) is 27.7 Å². The molecule has 6 nitrogen and oxygen atoms in total. The molecule has 3 aromatic heterocycles. The van der Waals surface area contributed by atoms with Crippen molar-refractivity contribution in [1.29, 1.82) is 0 Å². The fourth-order valence-electron chi connectivity index (χ4n) is 3.38. The predicted molar refractivity (Wildman–Crippen MR) is 97.5 cm³/mol. The Labute approximate surface area is 149 Å². The van der Waals surface area contributed by atoms with Crippen molar-refractivity contribution in [3.8, 4) is 5.95 Å². The van der Waals surface area contributed by atoms with E-state index in [0.29, 0.717) is 18.2 Å². The van der Waals surface area contributed by atoms with E-state index in [-0.39, 0.29) is 11.8 Å². The van der Waals surface area contributed by atoms with Crippen LogP contribution in [0.5, 0.6) is 0 Å². The highest BCUT2D eigenvalue weighted by Crippen LogP contribution is 2.42. The Bertz CT molecular complexity index is 967. The number of hydrogen-bond acceptors (Lipinski definition) is 5. The van der Waals surface area contributed by atoms with Crippen LogP contribution in [-0.4, -0.2) is 25.7 Å². The molecule has 4 rings (SSSR count). The van der Waals surface area contributed by atoms with E-state index in [0.717, 1.165) is 22.6 Å². The summed E-state index contributed by atoms with van der Waals surface area (Å²) in [5.41, 5.74) is 3.70. The van der Waals surface area contributed by atoms with E-state index in [4.69, 9.17) is 0 Å². The average Bonchev–Trinajstić information content (AvgIpc) is 3.10. The SMILES string of the molecule is Cc1cc(C)nc(-n2nc(C)c3c2NC(=O)CC3c2ccc(C)s2)n1. The molecule has 1 amide bonds. The summed E-state index contributed by atoms with van der Waals surface area (Å²) in [6, 6.07) is 6.12. The van der Waals surface area contributed by atoms with Gasteiger partial charge in [0.2, 0.25) is 5.91 Å². The van der Waals surface area contributed by atoms with Crippen molar-refractivity contribution in [1.82, 2.24) is 19.7 Å². The summed E-state index contributed by atoms with van der Waals surface area (Å²) in [5, 5.41) is 7.62. The van der Waals surface area contributed by atoms with Crippen LogP contribution < -0.4 is 5.32 Å². The van der Waals surface area contributed by atoms with E-state index in [2.05, 4.69) is 39.4 Å². The minimum atomic E-state index is -0.00548. The number of rotatable bonds is 2. The number of fused-ring (bicyclic) bond motifs is 1. The van der Waals surface area contributed by atoms with E-state index < -0.39 is 0 Å². The van der Waals surface area contributed by atoms with Gasteiger partial charge in [-0.15, -0.1) is 11.3 Å². The molecule has 1 aliphatic heterocycles. The molecule has 1 N–H and O–H groups in total. The van der Waals surface area contributed by atoms with Crippen LogP contribution in [0.1, 0.15) is 44.7 Å². The van der Waals surface area contributed by atoms with Crippen LogP contribution >= 0.6 is 11.3 Å². The summed E-state index contributed by atoms with van der Waals surface area (Å²) < 4.78 is 1.66. The lowest BCUT2D eigenvalue weighted by Crippen LogP contribution is -2.25. The molecule has 1 unspecified atom stereocenters. The van der Waals surface area contributed by atoms with Gasteiger partial charge in [0.1, 0.15) is 5.82 Å². The van der Waals surface area contributed by atoms with Gasteiger partial charge in [-0.05, 0) is 45.9 Å². The zero-order chi connectivity index (χ0) is 17.7. The summed E-state index contributed by atoms with van der Waals surface area (Å²) in [7, 11) is 0. The number of carbonyl (C=O) groups is 1. The molecule has 1 aliphatic rings. The van der Waals surface area contributed by atoms with E-state index in [1.807, 2.05) is 26.8 Å². The van der Waals surface area contributed by atoms with Crippen LogP contribution in [0.25, 0.3) is 5.95 Å². The Balaban J connectivity index is 1.90. The minimum absolute atomic E-state index is 0.00548. The van der Waals surface area contributed by atoms with Gasteiger partial charge in [-0.3, -0.25) is 4.79 Å². The number of carbonyl (C=O) groups excluding carboxylic acids is 1. The largest absolute Gasteiger partial charge is 0.310 e. The molecule has 3 aromatic rings. The van der Waals surface area contributed by atoms with Crippen LogP contribution in [0.15, 0.2) is 18.2 Å². The number of anilines is 1. The Morgan fingerprint density at radius 1 is 1.16 bits per heavy atom. The third-order valence-electron chi connectivity index (χ3n) is 4.37. The topological polar surface area (TPSA) is 72.7 Å². The van der Waals surface area contributed by atoms with Crippen molar-refractivity contribution in [3.63, 3.8) is 0 Å². The zero-order valence-electron chi connectivity index (χ0n) is 14.6. The lowest BCUT2D eigenvalue weighted by molar-refractivity contribution is -0.116. The number of nitrogens with zero attached hydrogens (tertiary/aromatic N) is 4. The molecule has 7 heteroatoms. The number of thiophene rings is 1. The van der Waals surface area contributed by atoms with E-state index in [1.165, 1.54) is 9.75 Å². The second-order valence-corrected chi connectivity index (χ2v) is 7.78. The van der Waals surface area contributed by atoms with Gasteiger partial charge in [-0.25, -0.2) is 9.97 Å². The molecule has 128 valence electrons. The van der Waals surface area contributed by atoms with E-state index in [9.17, 15) is 4.79 Å². The van der Waals surface area contributed by atoms with Gasteiger partial charge in [-0.1, -0.05) is 0 Å². The number of nitrogens with one attached hydrogen (secondary N) is 1. The Kier molecular flexibility index (Phi) is 3.68. The smallest absolute Gasteiger partial charge is 0.252 e. The molecular weight excluding hydrogens is 334 g/mol. The fraction of sp³-hybridized carbons (Fsp3) is 0.333. The van der Waals surface area contributed by atoms with Gasteiger partial charge in [0.05, 0.1) is 5.69 Å². The van der Waals surface area contributed by atoms with Gasteiger partial charge >= 0.3 is 0 Å². The first-order chi connectivity index (χ1) is 11.9. The molecule has 0 spiro atoms. The number of amides is 1. The molecule has 0 saturated carbocycles. The first-order valence-electron chi connectivity index (χ1n) is 8.20. The van der Waals surface area contributed by atoms with Gasteiger partial charge in [-0.2, -0.15) is 9.78 Å². The van der Waals surface area contributed by atoms with Crippen molar-refractivity contribution in [2.24, 2.45) is 0 Å². The van der Waals surface area contributed by atoms with Crippen molar-refractivity contribution in [3.05, 3.63) is 50.6 Å². The van der Waals surface area contributed by atoms with Crippen molar-refractivity contribution in [2.45, 2.75) is 40.0 Å². The highest BCUT2D eigenvalue weighted by atomic mass is 32.1. The van der Waals surface area contributed by atoms with Gasteiger partial charge in [0, 0.05) is 39.0 Å². The maximum atomic E-state index is 12.4. The van der Waals surface area contributed by atoms with Gasteiger partial charge in [0.15, 0.2) is 0 Å². The summed E-state index contributed by atoms with van der Waals surface area (Å²) >= 11 is 1.73. The van der Waals surface area contributed by atoms with Crippen LogP contribution in [0.3, 0.4) is 0 Å². The molecule has 4 heterocycles. The molecular formula is C18H19N5OS. The minimum Gasteiger partial charge on any atom is -0.310 e. The maximum Gasteiger partial charge on any atom is 0.252 e. The normalized spacial score (nSPS) is 16.6. The summed E-state index contributed by atoms with van der Waals surface area (Å²) in [6.07, 6.45) is 0.438. The molecule has 1 atom stereocenters. The van der Waals surface area contributed by atoms with Crippen molar-refractivity contribution < 1.29 is 4.79 Å². The van der Waals surface area contributed by atoms with Gasteiger partial charge in [0.25, 0.3) is 5.95 Å². The fourth-order valence-corrected chi connectivity index (χ4v) is 4.37. The maximum absolute atomic E-state index is 12.4. The van der Waals surface area contributed by atoms with Gasteiger partial charge < -0.3 is 5.32 Å². The predicted octanol–water partition coefficient (Wildman–Crippen LogP) is 3.43. The van der Waals surface area contributed by atoms with Crippen LogP contribution in [0.4, 0.5) is 5.82 Å². The summed E-state index contributed by atoms with van der Waals surface area (Å²) in [5.74, 6) is 1.20. The quantitative estimate of drug-likeness (QED) is 0.766. The molecule has 0 aliphatic carbocycles. The summed E-state index contributed by atoms with van der Waals surface area (Å²) in [4.78, 5) is 23.8. The zero-order valence-corrected chi connectivity index (χ0v) is 15.4. The standard InChI is InChI=1S/C18H19N5OS/c1-9-7-10(2)20-18(19-9)23-17-16(12(4)22-23)13(8-15(24)21-17)14-6-5-11(3)25-14/h5-7,13H,8H2,1-4H3,(H,21,24). The Hall–Kier alpha value is -2.54. The summed E-state index contributed by atoms with van der Waals surface area (Å²) in [6.45, 7) is 7.91. The molecule has 0 radical (unpaired) electrons. The molecule has 0 fully saturated rings. The second kappa shape index (κ2) is 5.77. The highest BCUT2D eigenvalue weighted by molar-refractivity contribution is 7.12. The Morgan fingerprint density at radius 3 is 2.52 bits per heavy atom. The molecule has 25 heavy (non-hydrogen) atoms. The molecule has 0 saturated heterocycles. The van der Waals surface area contributed by atoms with E-state index >= 15 is 0 Å². The second-order valence-electron chi connectivity index (χ2n) is 6.46. The van der Waals surface area contributed by atoms with Crippen molar-refractivity contribution >= 4 is 23.1 Å². The first-order valence-corrected chi connectivity index (χ1v) is 9.02. The number of hydrogen-bond donors (Lipinski definition) is 1. The number of aromatic nitrogens is 4. The molecule has 0 aromatic carbocycles. The number of aryl methyl sites for hydroxylation is 4. The third kappa shape index (κ3) is 2.74. The lowest BCUT2D eigenvalue weighted by Gasteiger charge is -2.23. The monoisotopic (exact) mass is 353 g/mol. The van der Waals surface area contributed by atoms with Crippen LogP contribution in [-0.2, 0) is 4.79 Å². The van der Waals surface area contributed by atoms with Crippen LogP contribution in [0.2, 0.25) is 0 Å². The highest BCUT2D eigenvalue weighted by Gasteiger charge is 2.33. The van der Waals surface area contributed by atoms with Crippen molar-refractivity contribution in [2.75, 3.05) is 5.32 Å².